The summed E-state index contributed by atoms with van der Waals surface area (Å²) in [6, 6.07) is 7.71. The molecule has 0 bridgehead atoms. The molecule has 0 radical (unpaired) electrons. The molecular formula is C12H13BrClN3. The number of nitriles is 1. The third kappa shape index (κ3) is 2.99. The van der Waals surface area contributed by atoms with E-state index in [1.165, 1.54) is 0 Å². The van der Waals surface area contributed by atoms with Crippen molar-refractivity contribution in [2.24, 2.45) is 0 Å². The van der Waals surface area contributed by atoms with Crippen molar-refractivity contribution in [1.82, 2.24) is 10.2 Å². The monoisotopic (exact) mass is 313 g/mol. The smallest absolute Gasteiger partial charge is 0.125 e. The van der Waals surface area contributed by atoms with Gasteiger partial charge in [0.05, 0.1) is 6.07 Å². The molecule has 1 aliphatic rings. The molecule has 1 aromatic carbocycles. The highest BCUT2D eigenvalue weighted by atomic mass is 79.9. The third-order valence-electron chi connectivity index (χ3n) is 2.89. The summed E-state index contributed by atoms with van der Waals surface area (Å²) in [5.74, 6) is 0. The van der Waals surface area contributed by atoms with Crippen LogP contribution in [-0.2, 0) is 0 Å². The lowest BCUT2D eigenvalue weighted by atomic mass is 10.1. The van der Waals surface area contributed by atoms with Crippen molar-refractivity contribution >= 4 is 27.5 Å². The highest BCUT2D eigenvalue weighted by Gasteiger charge is 2.23. The number of hydrogen-bond acceptors (Lipinski definition) is 3. The molecule has 1 aliphatic heterocycles. The van der Waals surface area contributed by atoms with E-state index >= 15 is 0 Å². The summed E-state index contributed by atoms with van der Waals surface area (Å²) >= 11 is 9.48. The number of benzene rings is 1. The largest absolute Gasteiger partial charge is 0.314 e. The first kappa shape index (κ1) is 12.8. The first-order valence-electron chi connectivity index (χ1n) is 5.51. The van der Waals surface area contributed by atoms with E-state index in [0.717, 1.165) is 36.2 Å². The number of hydrogen-bond donors (Lipinski definition) is 1. The quantitative estimate of drug-likeness (QED) is 0.912. The number of nitrogens with one attached hydrogen (secondary N) is 1. The van der Waals surface area contributed by atoms with Crippen molar-refractivity contribution in [3.05, 3.63) is 33.3 Å². The second kappa shape index (κ2) is 5.83. The molecule has 90 valence electrons. The van der Waals surface area contributed by atoms with E-state index in [1.807, 2.05) is 18.2 Å². The van der Waals surface area contributed by atoms with E-state index in [-0.39, 0.29) is 6.04 Å². The first-order chi connectivity index (χ1) is 8.22. The van der Waals surface area contributed by atoms with Crippen LogP contribution < -0.4 is 5.32 Å². The van der Waals surface area contributed by atoms with Gasteiger partial charge in [0.25, 0.3) is 0 Å². The van der Waals surface area contributed by atoms with Crippen LogP contribution in [-0.4, -0.2) is 31.1 Å². The van der Waals surface area contributed by atoms with Gasteiger partial charge >= 0.3 is 0 Å². The summed E-state index contributed by atoms with van der Waals surface area (Å²) in [4.78, 5) is 2.17. The Kier molecular flexibility index (Phi) is 4.41. The molecule has 17 heavy (non-hydrogen) atoms. The Morgan fingerprint density at radius 3 is 2.76 bits per heavy atom. The van der Waals surface area contributed by atoms with Crippen LogP contribution in [0, 0.1) is 11.3 Å². The molecule has 0 spiro atoms. The molecule has 5 heteroatoms. The molecule has 0 saturated carbocycles. The average molecular weight is 315 g/mol. The summed E-state index contributed by atoms with van der Waals surface area (Å²) < 4.78 is 0.937. The zero-order valence-corrected chi connectivity index (χ0v) is 11.6. The molecule has 0 aromatic heterocycles. The van der Waals surface area contributed by atoms with Crippen LogP contribution in [0.2, 0.25) is 5.02 Å². The molecule has 1 N–H and O–H groups in total. The fraction of sp³-hybridized carbons (Fsp3) is 0.417. The molecule has 1 fully saturated rings. The Balaban J connectivity index is 2.28. The fourth-order valence-corrected chi connectivity index (χ4v) is 2.66. The molecule has 1 heterocycles. The van der Waals surface area contributed by atoms with Gasteiger partial charge in [-0.1, -0.05) is 27.5 Å². The Bertz CT molecular complexity index is 438. The number of rotatable bonds is 2. The predicted molar refractivity (Wildman–Crippen MR) is 71.9 cm³/mol. The molecule has 3 nitrogen and oxygen atoms in total. The van der Waals surface area contributed by atoms with Gasteiger partial charge in [0, 0.05) is 35.7 Å². The van der Waals surface area contributed by atoms with Gasteiger partial charge in [0.1, 0.15) is 6.04 Å². The van der Waals surface area contributed by atoms with Gasteiger partial charge in [-0.3, -0.25) is 4.90 Å². The van der Waals surface area contributed by atoms with Crippen LogP contribution in [0.25, 0.3) is 0 Å². The lowest BCUT2D eigenvalue weighted by Crippen LogP contribution is -2.44. The summed E-state index contributed by atoms with van der Waals surface area (Å²) in [6.07, 6.45) is 0. The van der Waals surface area contributed by atoms with Crippen molar-refractivity contribution in [1.29, 1.82) is 5.26 Å². The molecule has 2 rings (SSSR count). The molecule has 0 aliphatic carbocycles. The van der Waals surface area contributed by atoms with Gasteiger partial charge in [-0.25, -0.2) is 0 Å². The summed E-state index contributed by atoms with van der Waals surface area (Å²) in [5, 5.41) is 13.3. The molecule has 1 aromatic rings. The Labute approximate surface area is 114 Å². The molecule has 1 saturated heterocycles. The Morgan fingerprint density at radius 1 is 1.41 bits per heavy atom. The summed E-state index contributed by atoms with van der Waals surface area (Å²) in [7, 11) is 0. The lowest BCUT2D eigenvalue weighted by Gasteiger charge is -2.31. The number of halogens is 2. The second-order valence-electron chi connectivity index (χ2n) is 3.98. The topological polar surface area (TPSA) is 39.1 Å². The van der Waals surface area contributed by atoms with E-state index < -0.39 is 0 Å². The van der Waals surface area contributed by atoms with Gasteiger partial charge in [-0.2, -0.15) is 5.26 Å². The average Bonchev–Trinajstić information content (AvgIpc) is 2.36. The summed E-state index contributed by atoms with van der Waals surface area (Å²) in [5.41, 5.74) is 0.946. The predicted octanol–water partition coefficient (Wildman–Crippen LogP) is 2.57. The van der Waals surface area contributed by atoms with Crippen molar-refractivity contribution in [3.8, 4) is 6.07 Å². The van der Waals surface area contributed by atoms with E-state index in [0.29, 0.717) is 5.02 Å². The maximum atomic E-state index is 9.37. The number of nitrogens with zero attached hydrogens (tertiary/aromatic N) is 2. The van der Waals surface area contributed by atoms with Crippen molar-refractivity contribution in [3.63, 3.8) is 0 Å². The third-order valence-corrected chi connectivity index (χ3v) is 3.85. The second-order valence-corrected chi connectivity index (χ2v) is 5.27. The number of piperazine rings is 1. The molecular weight excluding hydrogens is 302 g/mol. The minimum Gasteiger partial charge on any atom is -0.314 e. The van der Waals surface area contributed by atoms with Gasteiger partial charge in [-0.05, 0) is 23.8 Å². The van der Waals surface area contributed by atoms with E-state index in [2.05, 4.69) is 32.2 Å². The molecule has 1 unspecified atom stereocenters. The van der Waals surface area contributed by atoms with E-state index in [1.54, 1.807) is 0 Å². The van der Waals surface area contributed by atoms with Crippen molar-refractivity contribution in [2.45, 2.75) is 6.04 Å². The van der Waals surface area contributed by atoms with Crippen LogP contribution in [0.5, 0.6) is 0 Å². The highest BCUT2D eigenvalue weighted by molar-refractivity contribution is 9.10. The first-order valence-corrected chi connectivity index (χ1v) is 6.69. The maximum absolute atomic E-state index is 9.37. The Morgan fingerprint density at radius 2 is 2.12 bits per heavy atom. The van der Waals surface area contributed by atoms with Crippen LogP contribution in [0.15, 0.2) is 22.7 Å². The van der Waals surface area contributed by atoms with Crippen LogP contribution in [0.3, 0.4) is 0 Å². The normalized spacial score (nSPS) is 18.6. The zero-order valence-electron chi connectivity index (χ0n) is 9.29. The van der Waals surface area contributed by atoms with Gasteiger partial charge in [-0.15, -0.1) is 0 Å². The van der Waals surface area contributed by atoms with Gasteiger partial charge in [0.2, 0.25) is 0 Å². The van der Waals surface area contributed by atoms with Crippen LogP contribution >= 0.6 is 27.5 Å². The highest BCUT2D eigenvalue weighted by Crippen LogP contribution is 2.30. The van der Waals surface area contributed by atoms with Gasteiger partial charge < -0.3 is 5.32 Å². The van der Waals surface area contributed by atoms with E-state index in [9.17, 15) is 5.26 Å². The minimum absolute atomic E-state index is 0.231. The maximum Gasteiger partial charge on any atom is 0.125 e. The summed E-state index contributed by atoms with van der Waals surface area (Å²) in [6.45, 7) is 3.63. The van der Waals surface area contributed by atoms with Gasteiger partial charge in [0.15, 0.2) is 0 Å². The Hall–Kier alpha value is -0.600. The zero-order chi connectivity index (χ0) is 12.3. The fourth-order valence-electron chi connectivity index (χ4n) is 2.01. The molecule has 1 atom stereocenters. The molecule has 0 amide bonds. The van der Waals surface area contributed by atoms with Crippen molar-refractivity contribution in [2.75, 3.05) is 26.2 Å². The van der Waals surface area contributed by atoms with E-state index in [4.69, 9.17) is 11.6 Å². The van der Waals surface area contributed by atoms with Crippen LogP contribution in [0.4, 0.5) is 0 Å². The standard InChI is InChI=1S/C12H13BrClN3/c13-11-2-1-9(14)7-10(11)12(8-15)17-5-3-16-4-6-17/h1-2,7,12,16H,3-6H2. The SMILES string of the molecule is N#CC(c1cc(Cl)ccc1Br)N1CCNCC1. The minimum atomic E-state index is -0.231. The van der Waals surface area contributed by atoms with Crippen molar-refractivity contribution < 1.29 is 0 Å². The lowest BCUT2D eigenvalue weighted by molar-refractivity contribution is 0.207. The van der Waals surface area contributed by atoms with Crippen LogP contribution in [0.1, 0.15) is 11.6 Å².